The molecule has 1 fully saturated rings. The van der Waals surface area contributed by atoms with Crippen molar-refractivity contribution in [2.75, 3.05) is 7.11 Å². The predicted molar refractivity (Wildman–Crippen MR) is 112 cm³/mol. The number of methoxy groups -OCH3 is 1. The first kappa shape index (κ1) is 17.9. The van der Waals surface area contributed by atoms with E-state index in [1.54, 1.807) is 6.21 Å². The zero-order valence-electron chi connectivity index (χ0n) is 14.9. The largest absolute Gasteiger partial charge is 0.466 e. The molecule has 1 heterocycles. The Morgan fingerprint density at radius 1 is 1.07 bits per heavy atom. The van der Waals surface area contributed by atoms with Crippen molar-refractivity contribution in [3.8, 4) is 0 Å². The Kier molecular flexibility index (Phi) is 4.90. The molecule has 0 bridgehead atoms. The summed E-state index contributed by atoms with van der Waals surface area (Å²) in [6, 6.07) is 18.3. The summed E-state index contributed by atoms with van der Waals surface area (Å²) in [5, 5.41) is 15.5. The number of esters is 1. The minimum atomic E-state index is -0.593. The molecule has 0 saturated carbocycles. The molecule has 3 aromatic carbocycles. The Labute approximate surface area is 165 Å². The monoisotopic (exact) mass is 389 g/mol. The summed E-state index contributed by atoms with van der Waals surface area (Å²) in [5.41, 5.74) is 0.956. The molecular weight excluding hydrogens is 374 g/mol. The number of carbonyl (C=O) groups excluding carboxylic acids is 2. The van der Waals surface area contributed by atoms with Crippen LogP contribution in [-0.4, -0.2) is 30.4 Å². The Morgan fingerprint density at radius 2 is 1.71 bits per heavy atom. The first-order valence-electron chi connectivity index (χ1n) is 8.46. The molecule has 28 heavy (non-hydrogen) atoms. The van der Waals surface area contributed by atoms with E-state index in [-0.39, 0.29) is 4.91 Å². The van der Waals surface area contributed by atoms with Crippen LogP contribution >= 0.6 is 11.8 Å². The first-order chi connectivity index (χ1) is 13.7. The fraction of sp³-hybridized carbons (Fsp3) is 0.0476. The van der Waals surface area contributed by atoms with Crippen molar-refractivity contribution in [2.24, 2.45) is 10.2 Å². The number of carbonyl (C=O) groups is 2. The minimum absolute atomic E-state index is 0.219. The van der Waals surface area contributed by atoms with Crippen LogP contribution in [0.1, 0.15) is 5.56 Å². The van der Waals surface area contributed by atoms with E-state index >= 15 is 0 Å². The predicted octanol–water partition coefficient (Wildman–Crippen LogP) is 3.60. The number of ether oxygens (including phenoxy) is 1. The van der Waals surface area contributed by atoms with Crippen LogP contribution in [0, 0.1) is 0 Å². The van der Waals surface area contributed by atoms with Crippen LogP contribution < -0.4 is 5.32 Å². The van der Waals surface area contributed by atoms with Crippen LogP contribution in [0.15, 0.2) is 75.8 Å². The fourth-order valence-corrected chi connectivity index (χ4v) is 3.71. The lowest BCUT2D eigenvalue weighted by Crippen LogP contribution is -2.19. The van der Waals surface area contributed by atoms with Crippen LogP contribution in [0.5, 0.6) is 0 Å². The van der Waals surface area contributed by atoms with E-state index in [1.165, 1.54) is 7.11 Å². The van der Waals surface area contributed by atoms with Gasteiger partial charge in [-0.25, -0.2) is 4.79 Å². The number of fused-ring (bicyclic) bond motifs is 2. The van der Waals surface area contributed by atoms with Gasteiger partial charge in [0, 0.05) is 11.6 Å². The number of hydrogen-bond donors (Lipinski definition) is 1. The molecule has 1 amide bonds. The quantitative estimate of drug-likeness (QED) is 0.244. The lowest BCUT2D eigenvalue weighted by atomic mass is 9.97. The van der Waals surface area contributed by atoms with Crippen LogP contribution in [0.25, 0.3) is 21.5 Å². The Balaban J connectivity index is 1.69. The topological polar surface area (TPSA) is 80.1 Å². The van der Waals surface area contributed by atoms with Crippen molar-refractivity contribution >= 4 is 56.6 Å². The molecule has 4 rings (SSSR count). The van der Waals surface area contributed by atoms with Gasteiger partial charge in [0.15, 0.2) is 5.17 Å². The van der Waals surface area contributed by atoms with E-state index in [0.29, 0.717) is 5.17 Å². The van der Waals surface area contributed by atoms with Crippen LogP contribution in [0.2, 0.25) is 0 Å². The molecule has 3 aromatic rings. The van der Waals surface area contributed by atoms with Crippen LogP contribution in [0.3, 0.4) is 0 Å². The van der Waals surface area contributed by atoms with Crippen molar-refractivity contribution in [3.63, 3.8) is 0 Å². The van der Waals surface area contributed by atoms with Gasteiger partial charge in [0.25, 0.3) is 5.91 Å². The molecule has 0 radical (unpaired) electrons. The van der Waals surface area contributed by atoms with E-state index in [1.807, 2.05) is 36.4 Å². The molecule has 0 unspecified atom stereocenters. The summed E-state index contributed by atoms with van der Waals surface area (Å²) in [7, 11) is 1.25. The summed E-state index contributed by atoms with van der Waals surface area (Å²) in [4.78, 5) is 23.4. The Hall–Kier alpha value is -3.45. The number of nitrogens with zero attached hydrogens (tertiary/aromatic N) is 2. The van der Waals surface area contributed by atoms with Crippen molar-refractivity contribution in [1.82, 2.24) is 5.32 Å². The van der Waals surface area contributed by atoms with Gasteiger partial charge in [-0.1, -0.05) is 48.5 Å². The molecule has 6 nitrogen and oxygen atoms in total. The van der Waals surface area contributed by atoms with Gasteiger partial charge in [-0.15, -0.1) is 5.10 Å². The van der Waals surface area contributed by atoms with Gasteiger partial charge in [0.2, 0.25) is 0 Å². The fourth-order valence-electron chi connectivity index (χ4n) is 2.97. The summed E-state index contributed by atoms with van der Waals surface area (Å²) < 4.78 is 4.54. The van der Waals surface area contributed by atoms with Crippen molar-refractivity contribution < 1.29 is 14.3 Å². The maximum Gasteiger partial charge on any atom is 0.331 e. The number of rotatable bonds is 3. The van der Waals surface area contributed by atoms with E-state index in [4.69, 9.17) is 0 Å². The minimum Gasteiger partial charge on any atom is -0.466 e. The molecule has 1 aliphatic rings. The smallest absolute Gasteiger partial charge is 0.331 e. The summed E-state index contributed by atoms with van der Waals surface area (Å²) in [5.74, 6) is -0.996. The van der Waals surface area contributed by atoms with Gasteiger partial charge >= 0.3 is 5.97 Å². The molecule has 1 saturated heterocycles. The van der Waals surface area contributed by atoms with Crippen molar-refractivity contribution in [1.29, 1.82) is 0 Å². The second-order valence-electron chi connectivity index (χ2n) is 5.97. The number of amidine groups is 1. The second kappa shape index (κ2) is 7.66. The molecule has 1 aliphatic heterocycles. The van der Waals surface area contributed by atoms with Crippen molar-refractivity contribution in [2.45, 2.75) is 0 Å². The highest BCUT2D eigenvalue weighted by molar-refractivity contribution is 8.18. The lowest BCUT2D eigenvalue weighted by molar-refractivity contribution is -0.135. The maximum absolute atomic E-state index is 11.9. The molecule has 7 heteroatoms. The summed E-state index contributed by atoms with van der Waals surface area (Å²) in [6.45, 7) is 0. The van der Waals surface area contributed by atoms with E-state index in [0.717, 1.165) is 44.9 Å². The van der Waals surface area contributed by atoms with Crippen LogP contribution in [0.4, 0.5) is 0 Å². The highest BCUT2D eigenvalue weighted by Crippen LogP contribution is 2.27. The zero-order chi connectivity index (χ0) is 19.5. The lowest BCUT2D eigenvalue weighted by Gasteiger charge is -2.07. The Bertz CT molecular complexity index is 1140. The van der Waals surface area contributed by atoms with E-state index in [9.17, 15) is 9.59 Å². The number of thioether (sulfide) groups is 1. The van der Waals surface area contributed by atoms with Crippen molar-refractivity contribution in [3.05, 3.63) is 71.1 Å². The first-order valence-corrected chi connectivity index (χ1v) is 9.28. The SMILES string of the molecule is COC(=O)/C=C1/S/C(=N\N=Cc2c3ccccc3cc3ccccc23)NC1=O. The third-order valence-corrected chi connectivity index (χ3v) is 5.15. The number of amides is 1. The molecule has 0 aliphatic carbocycles. The second-order valence-corrected chi connectivity index (χ2v) is 7.00. The normalized spacial score (nSPS) is 17.1. The molecule has 0 atom stereocenters. The standard InChI is InChI=1S/C21H15N3O3S/c1-27-19(25)11-18-20(26)23-21(28-18)24-22-12-17-15-8-4-2-6-13(15)10-14-7-3-5-9-16(14)17/h2-12H,1H3,(H,23,24,26)/b18-11+,22-12?. The zero-order valence-corrected chi connectivity index (χ0v) is 15.7. The van der Waals surface area contributed by atoms with E-state index < -0.39 is 11.9 Å². The molecule has 138 valence electrons. The molecule has 0 spiro atoms. The number of benzene rings is 3. The number of hydrogen-bond acceptors (Lipinski definition) is 6. The highest BCUT2D eigenvalue weighted by atomic mass is 32.2. The van der Waals surface area contributed by atoms with Crippen LogP contribution in [-0.2, 0) is 14.3 Å². The molecular formula is C21H15N3O3S. The van der Waals surface area contributed by atoms with Gasteiger partial charge in [0.05, 0.1) is 18.2 Å². The summed E-state index contributed by atoms with van der Waals surface area (Å²) >= 11 is 1.04. The molecule has 1 N–H and O–H groups in total. The average molecular weight is 389 g/mol. The third-order valence-electron chi connectivity index (χ3n) is 4.25. The van der Waals surface area contributed by atoms with E-state index in [2.05, 4.69) is 38.5 Å². The van der Waals surface area contributed by atoms with Gasteiger partial charge in [0.1, 0.15) is 0 Å². The molecule has 0 aromatic heterocycles. The van der Waals surface area contributed by atoms with Gasteiger partial charge in [-0.05, 0) is 39.4 Å². The van der Waals surface area contributed by atoms with Gasteiger partial charge in [-0.3, -0.25) is 10.1 Å². The average Bonchev–Trinajstić information content (AvgIpc) is 3.06. The Morgan fingerprint density at radius 3 is 2.36 bits per heavy atom. The maximum atomic E-state index is 11.9. The summed E-state index contributed by atoms with van der Waals surface area (Å²) in [6.07, 6.45) is 2.82. The third kappa shape index (κ3) is 3.52. The highest BCUT2D eigenvalue weighted by Gasteiger charge is 2.25. The van der Waals surface area contributed by atoms with Gasteiger partial charge < -0.3 is 4.74 Å². The number of nitrogens with one attached hydrogen (secondary N) is 1. The van der Waals surface area contributed by atoms with Gasteiger partial charge in [-0.2, -0.15) is 5.10 Å².